The van der Waals surface area contributed by atoms with Gasteiger partial charge in [0.25, 0.3) is 0 Å². The zero-order valence-electron chi connectivity index (χ0n) is 5.53. The van der Waals surface area contributed by atoms with Gasteiger partial charge in [0.1, 0.15) is 0 Å². The number of halogens is 1. The maximum Gasteiger partial charge on any atom is 0.229 e. The number of hydrogen-bond acceptors (Lipinski definition) is 3. The molecule has 56 valence electrons. The number of nitrogens with zero attached hydrogens (tertiary/aromatic N) is 3. The molecule has 2 rings (SSSR count). The van der Waals surface area contributed by atoms with E-state index >= 15 is 0 Å². The van der Waals surface area contributed by atoms with Crippen LogP contribution in [0.4, 0.5) is 5.69 Å². The van der Waals surface area contributed by atoms with Crippen LogP contribution in [0.5, 0.6) is 0 Å². The van der Waals surface area contributed by atoms with Crippen molar-refractivity contribution in [2.75, 3.05) is 5.73 Å². The lowest BCUT2D eigenvalue weighted by Crippen LogP contribution is -1.89. The highest BCUT2D eigenvalue weighted by atomic mass is 35.5. The quantitative estimate of drug-likeness (QED) is 0.638. The summed E-state index contributed by atoms with van der Waals surface area (Å²) in [6, 6.07) is 3.51. The summed E-state index contributed by atoms with van der Waals surface area (Å²) in [7, 11) is 0. The first kappa shape index (κ1) is 6.42. The molecule has 4 nitrogen and oxygen atoms in total. The Bertz CT molecular complexity index is 394. The Morgan fingerprint density at radius 3 is 3.00 bits per heavy atom. The summed E-state index contributed by atoms with van der Waals surface area (Å²) in [5, 5.41) is 7.77. The van der Waals surface area contributed by atoms with Gasteiger partial charge in [-0.1, -0.05) is 0 Å². The predicted octanol–water partition coefficient (Wildman–Crippen LogP) is 0.965. The number of anilines is 1. The van der Waals surface area contributed by atoms with Gasteiger partial charge < -0.3 is 5.73 Å². The van der Waals surface area contributed by atoms with Crippen LogP contribution in [0.2, 0.25) is 5.28 Å². The molecule has 0 saturated heterocycles. The Labute approximate surface area is 67.6 Å². The molecule has 2 aromatic heterocycles. The van der Waals surface area contributed by atoms with Crippen LogP contribution in [0.25, 0.3) is 5.65 Å². The fourth-order valence-electron chi connectivity index (χ4n) is 0.879. The van der Waals surface area contributed by atoms with E-state index < -0.39 is 0 Å². The Morgan fingerprint density at radius 1 is 1.36 bits per heavy atom. The van der Waals surface area contributed by atoms with E-state index in [1.807, 2.05) is 0 Å². The SMILES string of the molecule is Nc1ccc2nnc(Cl)n2c1. The molecule has 2 aromatic rings. The third kappa shape index (κ3) is 0.914. The summed E-state index contributed by atoms with van der Waals surface area (Å²) in [4.78, 5) is 0. The lowest BCUT2D eigenvalue weighted by molar-refractivity contribution is 1.10. The van der Waals surface area contributed by atoms with Gasteiger partial charge >= 0.3 is 0 Å². The number of hydrogen-bond donors (Lipinski definition) is 1. The maximum absolute atomic E-state index is 5.68. The highest BCUT2D eigenvalue weighted by Gasteiger charge is 2.00. The van der Waals surface area contributed by atoms with E-state index in [0.717, 1.165) is 0 Å². The summed E-state index contributed by atoms with van der Waals surface area (Å²) in [6.45, 7) is 0. The average Bonchev–Trinajstić information content (AvgIpc) is 2.33. The van der Waals surface area contributed by atoms with Gasteiger partial charge in [-0.15, -0.1) is 10.2 Å². The third-order valence-electron chi connectivity index (χ3n) is 1.38. The van der Waals surface area contributed by atoms with Gasteiger partial charge in [0.15, 0.2) is 5.65 Å². The van der Waals surface area contributed by atoms with Gasteiger partial charge in [-0.05, 0) is 23.7 Å². The van der Waals surface area contributed by atoms with Crippen molar-refractivity contribution in [3.8, 4) is 0 Å². The molecule has 0 atom stereocenters. The molecule has 2 heterocycles. The molecular formula is C6H5ClN4. The highest BCUT2D eigenvalue weighted by Crippen LogP contribution is 2.10. The minimum Gasteiger partial charge on any atom is -0.398 e. The molecule has 2 N–H and O–H groups in total. The second-order valence-electron chi connectivity index (χ2n) is 2.16. The fourth-order valence-corrected chi connectivity index (χ4v) is 1.05. The van der Waals surface area contributed by atoms with Gasteiger partial charge in [-0.2, -0.15) is 0 Å². The lowest BCUT2D eigenvalue weighted by Gasteiger charge is -1.93. The molecule has 5 heteroatoms. The average molecular weight is 169 g/mol. The standard InChI is InChI=1S/C6H5ClN4/c7-6-10-9-5-2-1-4(8)3-11(5)6/h1-3H,8H2. The first-order chi connectivity index (χ1) is 5.27. The van der Waals surface area contributed by atoms with Crippen molar-refractivity contribution in [1.82, 2.24) is 14.6 Å². The summed E-state index contributed by atoms with van der Waals surface area (Å²) in [5.41, 5.74) is 6.85. The van der Waals surface area contributed by atoms with E-state index in [2.05, 4.69) is 10.2 Å². The molecule has 0 aliphatic carbocycles. The lowest BCUT2D eigenvalue weighted by atomic mass is 10.4. The normalized spacial score (nSPS) is 10.6. The molecule has 11 heavy (non-hydrogen) atoms. The molecule has 0 radical (unpaired) electrons. The Kier molecular flexibility index (Phi) is 1.22. The fraction of sp³-hybridized carbons (Fsp3) is 0. The van der Waals surface area contributed by atoms with Crippen LogP contribution in [-0.2, 0) is 0 Å². The van der Waals surface area contributed by atoms with Crippen molar-refractivity contribution in [1.29, 1.82) is 0 Å². The van der Waals surface area contributed by atoms with Crippen LogP contribution >= 0.6 is 11.6 Å². The number of pyridine rings is 1. The maximum atomic E-state index is 5.68. The van der Waals surface area contributed by atoms with Crippen LogP contribution in [0.15, 0.2) is 18.3 Å². The molecule has 0 aliphatic rings. The van der Waals surface area contributed by atoms with Crippen LogP contribution < -0.4 is 5.73 Å². The van der Waals surface area contributed by atoms with Crippen molar-refractivity contribution < 1.29 is 0 Å². The van der Waals surface area contributed by atoms with Crippen molar-refractivity contribution >= 4 is 22.9 Å². The first-order valence-corrected chi connectivity index (χ1v) is 3.41. The highest BCUT2D eigenvalue weighted by molar-refractivity contribution is 6.28. The van der Waals surface area contributed by atoms with E-state index in [0.29, 0.717) is 16.6 Å². The van der Waals surface area contributed by atoms with Crippen molar-refractivity contribution in [2.24, 2.45) is 0 Å². The summed E-state index contributed by atoms with van der Waals surface area (Å²) in [5.74, 6) is 0. The van der Waals surface area contributed by atoms with Crippen LogP contribution in [0, 0.1) is 0 Å². The molecule has 0 saturated carbocycles. The van der Waals surface area contributed by atoms with E-state index in [4.69, 9.17) is 17.3 Å². The number of nitrogen functional groups attached to an aromatic ring is 1. The van der Waals surface area contributed by atoms with E-state index in [1.54, 1.807) is 22.7 Å². The molecule has 0 unspecified atom stereocenters. The van der Waals surface area contributed by atoms with Gasteiger partial charge in [0.05, 0.1) is 0 Å². The summed E-state index contributed by atoms with van der Waals surface area (Å²) >= 11 is 5.68. The second kappa shape index (κ2) is 2.10. The van der Waals surface area contributed by atoms with Gasteiger partial charge in [-0.25, -0.2) is 0 Å². The monoisotopic (exact) mass is 168 g/mol. The van der Waals surface area contributed by atoms with E-state index in [-0.39, 0.29) is 0 Å². The van der Waals surface area contributed by atoms with Crippen molar-refractivity contribution in [2.45, 2.75) is 0 Å². The molecule has 0 amide bonds. The molecule has 0 spiro atoms. The summed E-state index contributed by atoms with van der Waals surface area (Å²) < 4.78 is 1.62. The van der Waals surface area contributed by atoms with Gasteiger partial charge in [0, 0.05) is 11.9 Å². The minimum atomic E-state index is 0.326. The molecule has 0 aromatic carbocycles. The number of nitrogens with two attached hydrogens (primary N) is 1. The molecule has 0 fully saturated rings. The van der Waals surface area contributed by atoms with E-state index in [1.165, 1.54) is 0 Å². The van der Waals surface area contributed by atoms with Crippen LogP contribution in [0.3, 0.4) is 0 Å². The molecule has 0 bridgehead atoms. The third-order valence-corrected chi connectivity index (χ3v) is 1.64. The van der Waals surface area contributed by atoms with E-state index in [9.17, 15) is 0 Å². The van der Waals surface area contributed by atoms with Crippen LogP contribution in [-0.4, -0.2) is 14.6 Å². The number of rotatable bonds is 0. The Balaban J connectivity index is 2.87. The van der Waals surface area contributed by atoms with Gasteiger partial charge in [0.2, 0.25) is 5.28 Å². The topological polar surface area (TPSA) is 56.2 Å². The molecular weight excluding hydrogens is 164 g/mol. The van der Waals surface area contributed by atoms with Crippen LogP contribution in [0.1, 0.15) is 0 Å². The summed E-state index contributed by atoms with van der Waals surface area (Å²) in [6.07, 6.45) is 1.68. The minimum absolute atomic E-state index is 0.326. The first-order valence-electron chi connectivity index (χ1n) is 3.03. The molecule has 0 aliphatic heterocycles. The zero-order valence-corrected chi connectivity index (χ0v) is 6.28. The number of fused-ring (bicyclic) bond motifs is 1. The number of aromatic nitrogens is 3. The second-order valence-corrected chi connectivity index (χ2v) is 2.50. The smallest absolute Gasteiger partial charge is 0.229 e. The zero-order chi connectivity index (χ0) is 7.84. The largest absolute Gasteiger partial charge is 0.398 e. The van der Waals surface area contributed by atoms with Crippen molar-refractivity contribution in [3.05, 3.63) is 23.6 Å². The van der Waals surface area contributed by atoms with Gasteiger partial charge in [-0.3, -0.25) is 4.40 Å². The van der Waals surface area contributed by atoms with Crippen molar-refractivity contribution in [3.63, 3.8) is 0 Å². The predicted molar refractivity (Wildman–Crippen MR) is 42.4 cm³/mol. The Hall–Kier alpha value is -1.29. The Morgan fingerprint density at radius 2 is 2.18 bits per heavy atom.